The van der Waals surface area contributed by atoms with Crippen molar-refractivity contribution in [2.24, 2.45) is 0 Å². The summed E-state index contributed by atoms with van der Waals surface area (Å²) in [5.41, 5.74) is 0.423. The van der Waals surface area contributed by atoms with Crippen LogP contribution in [-0.2, 0) is 4.79 Å². The number of carboxylic acids is 1. The highest BCUT2D eigenvalue weighted by molar-refractivity contribution is 7.12. The summed E-state index contributed by atoms with van der Waals surface area (Å²) in [6.45, 7) is 1.42. The van der Waals surface area contributed by atoms with Gasteiger partial charge in [0.1, 0.15) is 6.61 Å². The number of allylic oxidation sites excluding steroid dienone is 1. The largest absolute Gasteiger partial charge is 0.546 e. The Morgan fingerprint density at radius 1 is 1.22 bits per heavy atom. The van der Waals surface area contributed by atoms with Crippen LogP contribution in [0.5, 0.6) is 11.5 Å². The highest BCUT2D eigenvalue weighted by Crippen LogP contribution is 2.28. The van der Waals surface area contributed by atoms with Crippen molar-refractivity contribution in [2.75, 3.05) is 13.7 Å². The molecule has 120 valence electrons. The van der Waals surface area contributed by atoms with Crippen LogP contribution in [0.1, 0.15) is 20.1 Å². The summed E-state index contributed by atoms with van der Waals surface area (Å²) < 4.78 is 10.2. The van der Waals surface area contributed by atoms with Crippen molar-refractivity contribution in [2.45, 2.75) is 6.92 Å². The normalized spacial score (nSPS) is 10.7. The van der Waals surface area contributed by atoms with Crippen LogP contribution in [-0.4, -0.2) is 25.5 Å². The molecule has 0 radical (unpaired) electrons. The van der Waals surface area contributed by atoms with Crippen LogP contribution in [0.3, 0.4) is 0 Å². The zero-order chi connectivity index (χ0) is 16.8. The van der Waals surface area contributed by atoms with E-state index in [1.54, 1.807) is 23.5 Å². The van der Waals surface area contributed by atoms with Crippen LogP contribution < -0.4 is 14.6 Å². The summed E-state index contributed by atoms with van der Waals surface area (Å²) in [6, 6.07) is 8.50. The van der Waals surface area contributed by atoms with E-state index in [2.05, 4.69) is 0 Å². The van der Waals surface area contributed by atoms with Crippen molar-refractivity contribution in [3.8, 4) is 11.5 Å². The molecule has 5 nitrogen and oxygen atoms in total. The number of ketones is 1. The molecule has 0 unspecified atom stereocenters. The van der Waals surface area contributed by atoms with Crippen LogP contribution in [0.4, 0.5) is 0 Å². The van der Waals surface area contributed by atoms with E-state index >= 15 is 0 Å². The topological polar surface area (TPSA) is 75.7 Å². The number of aliphatic carboxylic acids is 1. The van der Waals surface area contributed by atoms with Gasteiger partial charge >= 0.3 is 0 Å². The van der Waals surface area contributed by atoms with Gasteiger partial charge in [-0.15, -0.1) is 11.3 Å². The fraction of sp³-hybridized carbons (Fsp3) is 0.176. The van der Waals surface area contributed by atoms with Crippen molar-refractivity contribution in [3.05, 3.63) is 51.7 Å². The molecule has 0 aliphatic heterocycles. The number of carbonyl (C=O) groups is 2. The third-order valence-corrected chi connectivity index (χ3v) is 3.92. The summed E-state index contributed by atoms with van der Waals surface area (Å²) in [5, 5.41) is 10.4. The predicted molar refractivity (Wildman–Crippen MR) is 85.9 cm³/mol. The van der Waals surface area contributed by atoms with Gasteiger partial charge in [-0.3, -0.25) is 4.79 Å². The molecule has 1 aromatic heterocycles. The smallest absolute Gasteiger partial charge is 0.186 e. The van der Waals surface area contributed by atoms with Crippen LogP contribution >= 0.6 is 11.3 Å². The molecule has 23 heavy (non-hydrogen) atoms. The van der Waals surface area contributed by atoms with E-state index in [1.165, 1.54) is 30.2 Å². The molecule has 0 aliphatic rings. The van der Waals surface area contributed by atoms with Gasteiger partial charge in [0, 0.05) is 15.3 Å². The van der Waals surface area contributed by atoms with Gasteiger partial charge in [-0.2, -0.15) is 0 Å². The van der Waals surface area contributed by atoms with Crippen molar-refractivity contribution < 1.29 is 24.2 Å². The summed E-state index contributed by atoms with van der Waals surface area (Å²) in [6.07, 6.45) is 3.24. The second-order valence-electron chi connectivity index (χ2n) is 4.67. The number of methoxy groups -OCH3 is 1. The molecule has 2 rings (SSSR count). The second kappa shape index (κ2) is 7.60. The van der Waals surface area contributed by atoms with Gasteiger partial charge in [-0.1, -0.05) is 0 Å². The van der Waals surface area contributed by atoms with E-state index in [9.17, 15) is 14.7 Å². The van der Waals surface area contributed by atoms with E-state index < -0.39 is 12.6 Å². The van der Waals surface area contributed by atoms with Gasteiger partial charge in [0.05, 0.1) is 13.1 Å². The lowest BCUT2D eigenvalue weighted by Gasteiger charge is -2.11. The number of aryl methyl sites for hydroxylation is 1. The van der Waals surface area contributed by atoms with Crippen molar-refractivity contribution in [1.29, 1.82) is 0 Å². The van der Waals surface area contributed by atoms with E-state index in [1.807, 2.05) is 19.1 Å². The van der Waals surface area contributed by atoms with Gasteiger partial charge in [0.2, 0.25) is 0 Å². The monoisotopic (exact) mass is 331 g/mol. The lowest BCUT2D eigenvalue weighted by molar-refractivity contribution is -0.307. The Labute approximate surface area is 137 Å². The Balaban J connectivity index is 2.14. The molecule has 0 saturated carbocycles. The maximum atomic E-state index is 12.2. The minimum absolute atomic E-state index is 0.180. The lowest BCUT2D eigenvalue weighted by Crippen LogP contribution is -2.29. The number of carboxylic acid groups (broad SMARTS) is 1. The van der Waals surface area contributed by atoms with Crippen molar-refractivity contribution >= 4 is 29.2 Å². The predicted octanol–water partition coefficient (Wildman–Crippen LogP) is 2.09. The van der Waals surface area contributed by atoms with Gasteiger partial charge in [0.15, 0.2) is 17.3 Å². The number of hydrogen-bond acceptors (Lipinski definition) is 6. The number of carbonyl (C=O) groups excluding carboxylic acids is 2. The third kappa shape index (κ3) is 4.69. The first-order valence-corrected chi connectivity index (χ1v) is 7.61. The minimum atomic E-state index is -1.33. The molecule has 0 atom stereocenters. The fourth-order valence-electron chi connectivity index (χ4n) is 1.87. The average Bonchev–Trinajstić information content (AvgIpc) is 2.95. The Hall–Kier alpha value is -2.60. The number of rotatable bonds is 7. The van der Waals surface area contributed by atoms with Gasteiger partial charge in [-0.25, -0.2) is 0 Å². The number of ether oxygens (including phenoxy) is 2. The highest BCUT2D eigenvalue weighted by atomic mass is 32.1. The molecule has 0 amide bonds. The minimum Gasteiger partial charge on any atom is -0.546 e. The fourth-order valence-corrected chi connectivity index (χ4v) is 2.65. The standard InChI is InChI=1S/C17H16O5S/c1-11-3-5-13(23-11)6-7-14(18)12-4-8-15(16(9-12)21-2)22-10-17(19)20/h3-9H,10H2,1-2H3,(H,19,20)/p-1/b7-6+. The first kappa shape index (κ1) is 16.8. The van der Waals surface area contributed by atoms with Crippen molar-refractivity contribution in [3.63, 3.8) is 0 Å². The van der Waals surface area contributed by atoms with E-state index in [0.717, 1.165) is 4.88 Å². The molecular weight excluding hydrogens is 316 g/mol. The maximum absolute atomic E-state index is 12.2. The molecule has 6 heteroatoms. The molecule has 0 fully saturated rings. The number of thiophene rings is 1. The zero-order valence-corrected chi connectivity index (χ0v) is 13.5. The quantitative estimate of drug-likeness (QED) is 0.573. The molecule has 0 saturated heterocycles. The first-order valence-electron chi connectivity index (χ1n) is 6.79. The maximum Gasteiger partial charge on any atom is 0.186 e. The summed E-state index contributed by atoms with van der Waals surface area (Å²) in [7, 11) is 1.42. The van der Waals surface area contributed by atoms with Crippen LogP contribution in [0.25, 0.3) is 6.08 Å². The van der Waals surface area contributed by atoms with Gasteiger partial charge in [0.25, 0.3) is 0 Å². The molecule has 0 aliphatic carbocycles. The van der Waals surface area contributed by atoms with Crippen molar-refractivity contribution in [1.82, 2.24) is 0 Å². The molecule has 0 spiro atoms. The van der Waals surface area contributed by atoms with Crippen LogP contribution in [0.2, 0.25) is 0 Å². The first-order chi connectivity index (χ1) is 11.0. The SMILES string of the molecule is COc1cc(C(=O)/C=C/c2ccc(C)s2)ccc1OCC(=O)[O-]. The molecule has 0 bridgehead atoms. The average molecular weight is 331 g/mol. The Bertz CT molecular complexity index is 745. The summed E-state index contributed by atoms with van der Waals surface area (Å²) in [5.74, 6) is -0.981. The van der Waals surface area contributed by atoms with Crippen LogP contribution in [0.15, 0.2) is 36.4 Å². The Morgan fingerprint density at radius 2 is 2.00 bits per heavy atom. The van der Waals surface area contributed by atoms with Gasteiger partial charge < -0.3 is 19.4 Å². The Kier molecular flexibility index (Phi) is 5.54. The van der Waals surface area contributed by atoms with Crippen LogP contribution in [0, 0.1) is 6.92 Å². The van der Waals surface area contributed by atoms with E-state index in [0.29, 0.717) is 5.56 Å². The molecule has 0 N–H and O–H groups in total. The highest BCUT2D eigenvalue weighted by Gasteiger charge is 2.09. The lowest BCUT2D eigenvalue weighted by atomic mass is 10.1. The number of hydrogen-bond donors (Lipinski definition) is 0. The Morgan fingerprint density at radius 3 is 2.61 bits per heavy atom. The summed E-state index contributed by atoms with van der Waals surface area (Å²) in [4.78, 5) is 24.8. The van der Waals surface area contributed by atoms with Gasteiger partial charge in [-0.05, 0) is 49.4 Å². The summed E-state index contributed by atoms with van der Waals surface area (Å²) >= 11 is 1.60. The molecule has 1 heterocycles. The molecular formula is C17H15O5S-. The molecule has 2 aromatic rings. The van der Waals surface area contributed by atoms with E-state index in [-0.39, 0.29) is 17.3 Å². The zero-order valence-electron chi connectivity index (χ0n) is 12.7. The second-order valence-corrected chi connectivity index (χ2v) is 5.99. The number of benzene rings is 1. The third-order valence-electron chi connectivity index (χ3n) is 2.95. The van der Waals surface area contributed by atoms with E-state index in [4.69, 9.17) is 9.47 Å². The molecule has 1 aromatic carbocycles.